The number of hydrogen-bond donors (Lipinski definition) is 0. The molecule has 4 heavy (non-hydrogen) atoms. The van der Waals surface area contributed by atoms with E-state index >= 15 is 0 Å². The largest absolute Gasteiger partial charge is 0.0776 e. The van der Waals surface area contributed by atoms with E-state index in [4.69, 9.17) is 0 Å². The van der Waals surface area contributed by atoms with Gasteiger partial charge in [0.2, 0.25) is 0 Å². The Balaban J connectivity index is -0.00000000500. The molecule has 0 radical (unpaired) electrons. The van der Waals surface area contributed by atoms with Crippen LogP contribution in [0.2, 0.25) is 0 Å². The van der Waals surface area contributed by atoms with Gasteiger partial charge in [-0.2, -0.15) is 0 Å². The maximum atomic E-state index is 2.12. The molecule has 0 spiro atoms. The van der Waals surface area contributed by atoms with Crippen molar-refractivity contribution in [3.63, 3.8) is 0 Å². The average molecular weight is 286 g/mol. The van der Waals surface area contributed by atoms with Gasteiger partial charge in [-0.05, 0) is 0 Å². The molecule has 0 atom stereocenters. The number of halogens is 2. The Hall–Kier alpha value is 1.46. The van der Waals surface area contributed by atoms with Gasteiger partial charge in [0, 0.05) is 37.2 Å². The molecular formula is C2H8I2. The maximum Gasteiger partial charge on any atom is 0 e. The fourth-order valence-electron chi connectivity index (χ4n) is 0. The highest BCUT2D eigenvalue weighted by Crippen LogP contribution is 1.89. The highest BCUT2D eigenvalue weighted by Gasteiger charge is 1.00. The highest BCUT2D eigenvalue weighted by atomic mass is 128. The zero-order valence-electron chi connectivity index (χ0n) is 0.756. The van der Waals surface area contributed by atoms with E-state index in [1.165, 1.54) is 0 Å². The first kappa shape index (κ1) is 17.9. The molecule has 0 saturated heterocycles. The Labute approximate surface area is 51.7 Å². The van der Waals surface area contributed by atoms with Gasteiger partial charge in [-0.15, -0.1) is 0 Å². The molecule has 0 nitrogen and oxygen atoms in total. The van der Waals surface area contributed by atoms with Gasteiger partial charge in [0.1, 0.15) is 0 Å². The first-order valence-electron chi connectivity index (χ1n) is 0.143. The SMILES string of the molecule is C.C.II. The van der Waals surface area contributed by atoms with Gasteiger partial charge >= 0.3 is 0 Å². The molecule has 0 saturated carbocycles. The summed E-state index contributed by atoms with van der Waals surface area (Å²) in [5, 5.41) is 0. The van der Waals surface area contributed by atoms with Crippen molar-refractivity contribution in [3.8, 4) is 0 Å². The van der Waals surface area contributed by atoms with E-state index in [2.05, 4.69) is 37.2 Å². The molecular weight excluding hydrogens is 278 g/mol. The molecule has 0 aliphatic carbocycles. The summed E-state index contributed by atoms with van der Waals surface area (Å²) in [5.74, 6) is 0. The molecule has 2 heteroatoms. The monoisotopic (exact) mass is 286 g/mol. The minimum Gasteiger partial charge on any atom is -0.0776 e. The van der Waals surface area contributed by atoms with Crippen molar-refractivity contribution in [2.45, 2.75) is 14.9 Å². The third kappa shape index (κ3) is 9.82. The Morgan fingerprint density at radius 1 is 0.750 bits per heavy atom. The Bertz CT molecular complexity index is 4.00. The van der Waals surface area contributed by atoms with Crippen molar-refractivity contribution in [2.24, 2.45) is 0 Å². The summed E-state index contributed by atoms with van der Waals surface area (Å²) >= 11 is 4.24. The van der Waals surface area contributed by atoms with Gasteiger partial charge in [0.25, 0.3) is 0 Å². The van der Waals surface area contributed by atoms with Crippen LogP contribution in [0.25, 0.3) is 0 Å². The van der Waals surface area contributed by atoms with Crippen molar-refractivity contribution in [1.29, 1.82) is 0 Å². The maximum absolute atomic E-state index is 2.12. The lowest BCUT2D eigenvalue weighted by molar-refractivity contribution is 2.50. The van der Waals surface area contributed by atoms with Gasteiger partial charge in [-0.1, -0.05) is 14.9 Å². The molecule has 0 amide bonds. The third-order valence-electron chi connectivity index (χ3n) is 0. The Kier molecular flexibility index (Phi) is 112. The van der Waals surface area contributed by atoms with E-state index < -0.39 is 0 Å². The molecule has 30 valence electrons. The number of rotatable bonds is 0. The molecule has 0 aromatic carbocycles. The third-order valence-corrected chi connectivity index (χ3v) is 0. The van der Waals surface area contributed by atoms with Crippen molar-refractivity contribution in [3.05, 3.63) is 0 Å². The molecule has 0 aliphatic heterocycles. The van der Waals surface area contributed by atoms with E-state index in [0.29, 0.717) is 0 Å². The summed E-state index contributed by atoms with van der Waals surface area (Å²) in [7, 11) is 0. The first-order valence-corrected chi connectivity index (χ1v) is 6.43. The summed E-state index contributed by atoms with van der Waals surface area (Å²) in [4.78, 5) is 0. The predicted octanol–water partition coefficient (Wildman–Crippen LogP) is 3.04. The predicted molar refractivity (Wildman–Crippen MR) is 41.5 cm³/mol. The van der Waals surface area contributed by atoms with E-state index in [1.807, 2.05) is 0 Å². The molecule has 0 heterocycles. The smallest absolute Gasteiger partial charge is 0 e. The van der Waals surface area contributed by atoms with Crippen molar-refractivity contribution in [1.82, 2.24) is 0 Å². The van der Waals surface area contributed by atoms with E-state index in [1.54, 1.807) is 0 Å². The van der Waals surface area contributed by atoms with E-state index in [0.717, 1.165) is 0 Å². The lowest BCUT2D eigenvalue weighted by Gasteiger charge is -1.00. The second-order valence-electron chi connectivity index (χ2n) is 0. The normalized spacial score (nSPS) is 1.50. The lowest BCUT2D eigenvalue weighted by atomic mass is 12.0. The van der Waals surface area contributed by atoms with Gasteiger partial charge in [-0.25, -0.2) is 0 Å². The standard InChI is InChI=1S/2CH4.I2/c;;1-2/h2*1H4;. The number of hydrogen-bond acceptors (Lipinski definition) is 0. The summed E-state index contributed by atoms with van der Waals surface area (Å²) < 4.78 is 0. The van der Waals surface area contributed by atoms with Crippen LogP contribution in [-0.2, 0) is 0 Å². The van der Waals surface area contributed by atoms with Gasteiger partial charge in [0.15, 0.2) is 0 Å². The van der Waals surface area contributed by atoms with Crippen LogP contribution in [0.15, 0.2) is 0 Å². The van der Waals surface area contributed by atoms with Crippen LogP contribution in [0.5, 0.6) is 0 Å². The van der Waals surface area contributed by atoms with Crippen molar-refractivity contribution < 1.29 is 0 Å². The molecule has 0 aliphatic rings. The van der Waals surface area contributed by atoms with Crippen LogP contribution < -0.4 is 0 Å². The van der Waals surface area contributed by atoms with Gasteiger partial charge in [0.05, 0.1) is 0 Å². The molecule has 0 aromatic heterocycles. The van der Waals surface area contributed by atoms with E-state index in [-0.39, 0.29) is 14.9 Å². The van der Waals surface area contributed by atoms with E-state index in [9.17, 15) is 0 Å². The topological polar surface area (TPSA) is 0 Å². The average Bonchev–Trinajstić information content (AvgIpc) is 1.00. The Morgan fingerprint density at radius 3 is 0.750 bits per heavy atom. The molecule has 0 fully saturated rings. The quantitative estimate of drug-likeness (QED) is 0.600. The van der Waals surface area contributed by atoms with Crippen molar-refractivity contribution >= 4 is 37.2 Å². The highest BCUT2D eigenvalue weighted by molar-refractivity contribution is 15.0. The van der Waals surface area contributed by atoms with Crippen molar-refractivity contribution in [2.75, 3.05) is 0 Å². The fraction of sp³-hybridized carbons (Fsp3) is 1.00. The summed E-state index contributed by atoms with van der Waals surface area (Å²) in [6, 6.07) is 0. The van der Waals surface area contributed by atoms with Crippen LogP contribution in [0.3, 0.4) is 0 Å². The second-order valence-corrected chi connectivity index (χ2v) is 0. The molecule has 0 N–H and O–H groups in total. The Morgan fingerprint density at radius 2 is 0.750 bits per heavy atom. The van der Waals surface area contributed by atoms with Crippen LogP contribution in [0, 0.1) is 0 Å². The first-order chi connectivity index (χ1) is 1.00. The van der Waals surface area contributed by atoms with Crippen LogP contribution in [0.1, 0.15) is 14.9 Å². The lowest BCUT2D eigenvalue weighted by Crippen LogP contribution is -0.114. The zero-order valence-corrected chi connectivity index (χ0v) is 5.07. The van der Waals surface area contributed by atoms with Gasteiger partial charge in [-0.3, -0.25) is 0 Å². The molecule has 0 bridgehead atoms. The minimum absolute atomic E-state index is 0. The fourth-order valence-corrected chi connectivity index (χ4v) is 0. The summed E-state index contributed by atoms with van der Waals surface area (Å²) in [6.07, 6.45) is 0. The summed E-state index contributed by atoms with van der Waals surface area (Å²) in [6.45, 7) is 0. The molecule has 0 aromatic rings. The van der Waals surface area contributed by atoms with Crippen LogP contribution in [-0.4, -0.2) is 0 Å². The van der Waals surface area contributed by atoms with Gasteiger partial charge < -0.3 is 0 Å². The summed E-state index contributed by atoms with van der Waals surface area (Å²) in [5.41, 5.74) is 0. The zero-order chi connectivity index (χ0) is 2.00. The van der Waals surface area contributed by atoms with Crippen LogP contribution in [0.4, 0.5) is 0 Å². The van der Waals surface area contributed by atoms with Crippen LogP contribution >= 0.6 is 37.2 Å². The second kappa shape index (κ2) is 25.0. The minimum atomic E-state index is 0. The molecule has 0 unspecified atom stereocenters. The molecule has 0 rings (SSSR count).